The van der Waals surface area contributed by atoms with E-state index < -0.39 is 23.8 Å². The van der Waals surface area contributed by atoms with Crippen LogP contribution in [0.25, 0.3) is 0 Å². The number of benzene rings is 2. The molecule has 138 valence electrons. The lowest BCUT2D eigenvalue weighted by atomic mass is 10.00. The number of rotatable bonds is 4. The molecule has 0 spiro atoms. The van der Waals surface area contributed by atoms with E-state index in [1.54, 1.807) is 30.3 Å². The van der Waals surface area contributed by atoms with E-state index in [9.17, 15) is 14.4 Å². The molecule has 0 bridgehead atoms. The molecule has 0 N–H and O–H groups in total. The fourth-order valence-corrected chi connectivity index (χ4v) is 3.13. The van der Waals surface area contributed by atoms with Crippen molar-refractivity contribution in [3.8, 4) is 11.5 Å². The molecule has 0 aromatic heterocycles. The van der Waals surface area contributed by atoms with Gasteiger partial charge < -0.3 is 18.9 Å². The van der Waals surface area contributed by atoms with Crippen LogP contribution < -0.4 is 9.47 Å². The molecule has 8 nitrogen and oxygen atoms in total. The van der Waals surface area contributed by atoms with Crippen molar-refractivity contribution in [3.05, 3.63) is 59.7 Å². The third-order valence-corrected chi connectivity index (χ3v) is 4.30. The van der Waals surface area contributed by atoms with Crippen LogP contribution in [-0.4, -0.2) is 29.7 Å². The fraction of sp³-hybridized carbons (Fsp3) is 0.211. The maximum absolute atomic E-state index is 12.7. The summed E-state index contributed by atoms with van der Waals surface area (Å²) >= 11 is 0. The summed E-state index contributed by atoms with van der Waals surface area (Å²) in [5.74, 6) is -0.857. The quantitative estimate of drug-likeness (QED) is 0.603. The minimum Gasteiger partial charge on any atom is -0.454 e. The first-order chi connectivity index (χ1) is 13.0. The van der Waals surface area contributed by atoms with Crippen LogP contribution >= 0.6 is 0 Å². The molecule has 2 aliphatic heterocycles. The minimum absolute atomic E-state index is 0.00708. The Morgan fingerprint density at radius 3 is 2.59 bits per heavy atom. The van der Waals surface area contributed by atoms with Crippen molar-refractivity contribution in [2.24, 2.45) is 0 Å². The Balaban J connectivity index is 1.83. The van der Waals surface area contributed by atoms with Crippen LogP contribution in [0.5, 0.6) is 11.5 Å². The number of nitrogens with zero attached hydrogens (tertiary/aromatic N) is 1. The number of hydrogen-bond donors (Lipinski definition) is 0. The molecule has 1 amide bonds. The largest absolute Gasteiger partial charge is 0.454 e. The molecule has 0 aliphatic carbocycles. The monoisotopic (exact) mass is 369 g/mol. The van der Waals surface area contributed by atoms with Gasteiger partial charge in [0.25, 0.3) is 0 Å². The van der Waals surface area contributed by atoms with E-state index in [1.165, 1.54) is 12.1 Å². The van der Waals surface area contributed by atoms with Crippen LogP contribution in [0.4, 0.5) is 4.79 Å². The average molecular weight is 369 g/mol. The molecule has 2 aliphatic rings. The summed E-state index contributed by atoms with van der Waals surface area (Å²) in [6, 6.07) is 13.6. The maximum Gasteiger partial charge on any atom is 0.421 e. The number of esters is 2. The van der Waals surface area contributed by atoms with E-state index >= 15 is 0 Å². The van der Waals surface area contributed by atoms with E-state index in [1.807, 2.05) is 6.07 Å². The van der Waals surface area contributed by atoms with Gasteiger partial charge in [0.05, 0.1) is 6.54 Å². The lowest BCUT2D eigenvalue weighted by Crippen LogP contribution is -2.49. The van der Waals surface area contributed by atoms with E-state index in [2.05, 4.69) is 0 Å². The molecule has 0 saturated carbocycles. The molecular formula is C19H15NO7. The molecule has 1 atom stereocenters. The predicted octanol–water partition coefficient (Wildman–Crippen LogP) is 2.31. The number of amides is 1. The zero-order valence-electron chi connectivity index (χ0n) is 14.3. The predicted molar refractivity (Wildman–Crippen MR) is 89.5 cm³/mol. The van der Waals surface area contributed by atoms with Gasteiger partial charge in [-0.1, -0.05) is 30.3 Å². The third kappa shape index (κ3) is 2.75. The van der Waals surface area contributed by atoms with Gasteiger partial charge >= 0.3 is 23.8 Å². The second kappa shape index (κ2) is 6.31. The minimum atomic E-state index is -2.04. The van der Waals surface area contributed by atoms with Crippen molar-refractivity contribution in [3.63, 3.8) is 0 Å². The van der Waals surface area contributed by atoms with Crippen molar-refractivity contribution >= 4 is 18.0 Å². The second-order valence-corrected chi connectivity index (χ2v) is 6.03. The van der Waals surface area contributed by atoms with Crippen LogP contribution in [0.1, 0.15) is 18.1 Å². The van der Waals surface area contributed by atoms with Gasteiger partial charge in [0.1, 0.15) is 0 Å². The van der Waals surface area contributed by atoms with Crippen LogP contribution in [0.2, 0.25) is 0 Å². The summed E-state index contributed by atoms with van der Waals surface area (Å²) in [6.45, 7) is 1.20. The molecule has 27 heavy (non-hydrogen) atoms. The Morgan fingerprint density at radius 2 is 1.85 bits per heavy atom. The summed E-state index contributed by atoms with van der Waals surface area (Å²) < 4.78 is 20.9. The highest BCUT2D eigenvalue weighted by Crippen LogP contribution is 2.43. The third-order valence-electron chi connectivity index (χ3n) is 4.30. The first-order valence-corrected chi connectivity index (χ1v) is 8.18. The molecule has 2 aromatic carbocycles. The summed E-state index contributed by atoms with van der Waals surface area (Å²) in [6.07, 6.45) is -0.900. The van der Waals surface area contributed by atoms with Crippen LogP contribution in [0, 0.1) is 0 Å². The van der Waals surface area contributed by atoms with Gasteiger partial charge in [0, 0.05) is 12.5 Å². The molecular weight excluding hydrogens is 354 g/mol. The Labute approximate surface area is 154 Å². The number of ether oxygens (including phenoxy) is 4. The molecule has 4 rings (SSSR count). The van der Waals surface area contributed by atoms with Crippen LogP contribution in [0.15, 0.2) is 48.5 Å². The second-order valence-electron chi connectivity index (χ2n) is 6.03. The number of cyclic esters (lactones) is 2. The lowest BCUT2D eigenvalue weighted by molar-refractivity contribution is -0.186. The first-order valence-electron chi connectivity index (χ1n) is 8.18. The highest BCUT2D eigenvalue weighted by atomic mass is 16.7. The Hall–Kier alpha value is -3.55. The van der Waals surface area contributed by atoms with E-state index in [0.29, 0.717) is 11.5 Å². The van der Waals surface area contributed by atoms with Gasteiger partial charge in [-0.2, -0.15) is 0 Å². The van der Waals surface area contributed by atoms with Crippen molar-refractivity contribution in [1.82, 2.24) is 4.90 Å². The number of carbonyl (C=O) groups is 3. The van der Waals surface area contributed by atoms with Crippen molar-refractivity contribution in [2.45, 2.75) is 19.2 Å². The lowest BCUT2D eigenvalue weighted by Gasteiger charge is -2.32. The number of carbonyl (C=O) groups excluding carboxylic acids is 3. The van der Waals surface area contributed by atoms with Crippen LogP contribution in [0.3, 0.4) is 0 Å². The normalized spacial score (nSPS) is 20.6. The molecule has 8 heteroatoms. The van der Waals surface area contributed by atoms with Crippen molar-refractivity contribution in [2.75, 3.05) is 6.79 Å². The topological polar surface area (TPSA) is 91.4 Å². The molecule has 1 saturated heterocycles. The van der Waals surface area contributed by atoms with Gasteiger partial charge in [-0.15, -0.1) is 0 Å². The molecule has 0 radical (unpaired) electrons. The standard InChI is InChI=1S/C19H15NO7/c1-12(21)27-19(14-7-8-15-16(9-14)25-11-24-15)17(22)26-18(23)20(19)10-13-5-3-2-4-6-13/h2-9H,10-11H2,1H3. The fourth-order valence-electron chi connectivity index (χ4n) is 3.13. The maximum atomic E-state index is 12.7. The first kappa shape index (κ1) is 16.9. The SMILES string of the molecule is CC(=O)OC1(c2ccc3c(c2)OCO3)C(=O)OC(=O)N1Cc1ccccc1. The molecule has 2 aromatic rings. The molecule has 1 unspecified atom stereocenters. The van der Waals surface area contributed by atoms with Crippen molar-refractivity contribution in [1.29, 1.82) is 0 Å². The zero-order valence-corrected chi connectivity index (χ0v) is 14.3. The number of hydrogen-bond acceptors (Lipinski definition) is 7. The highest BCUT2D eigenvalue weighted by molar-refractivity contribution is 5.99. The Kier molecular flexibility index (Phi) is 3.95. The van der Waals surface area contributed by atoms with E-state index in [4.69, 9.17) is 18.9 Å². The Morgan fingerprint density at radius 1 is 1.11 bits per heavy atom. The van der Waals surface area contributed by atoms with Crippen molar-refractivity contribution < 1.29 is 33.3 Å². The Bertz CT molecular complexity index is 927. The van der Waals surface area contributed by atoms with Gasteiger partial charge in [-0.25, -0.2) is 9.59 Å². The van der Waals surface area contributed by atoms with Crippen LogP contribution in [-0.2, 0) is 31.3 Å². The average Bonchev–Trinajstić information content (AvgIpc) is 3.20. The van der Waals surface area contributed by atoms with E-state index in [-0.39, 0.29) is 18.9 Å². The van der Waals surface area contributed by atoms with Gasteiger partial charge in [-0.3, -0.25) is 9.69 Å². The molecule has 2 heterocycles. The van der Waals surface area contributed by atoms with Gasteiger partial charge in [0.2, 0.25) is 6.79 Å². The van der Waals surface area contributed by atoms with E-state index in [0.717, 1.165) is 17.4 Å². The summed E-state index contributed by atoms with van der Waals surface area (Å²) in [5, 5.41) is 0. The summed E-state index contributed by atoms with van der Waals surface area (Å²) in [7, 11) is 0. The smallest absolute Gasteiger partial charge is 0.421 e. The highest BCUT2D eigenvalue weighted by Gasteiger charge is 2.60. The summed E-state index contributed by atoms with van der Waals surface area (Å²) in [4.78, 5) is 38.1. The molecule has 1 fully saturated rings. The van der Waals surface area contributed by atoms with Gasteiger partial charge in [-0.05, 0) is 23.8 Å². The number of fused-ring (bicyclic) bond motifs is 1. The zero-order chi connectivity index (χ0) is 19.0. The van der Waals surface area contributed by atoms with Gasteiger partial charge in [0.15, 0.2) is 11.5 Å². The summed E-state index contributed by atoms with van der Waals surface area (Å²) in [5.41, 5.74) is -1.07.